The van der Waals surface area contributed by atoms with E-state index in [2.05, 4.69) is 15.3 Å². The summed E-state index contributed by atoms with van der Waals surface area (Å²) in [5.41, 5.74) is 7.68. The fraction of sp³-hybridized carbons (Fsp3) is 0.389. The van der Waals surface area contributed by atoms with Crippen LogP contribution in [-0.4, -0.2) is 22.4 Å². The minimum absolute atomic E-state index is 0. The number of nitrogens with one attached hydrogen (secondary N) is 1. The Bertz CT molecular complexity index is 713. The van der Waals surface area contributed by atoms with Crippen LogP contribution in [0.25, 0.3) is 0 Å². The van der Waals surface area contributed by atoms with Crippen molar-refractivity contribution in [3.05, 3.63) is 42.2 Å². The number of nitrogens with zero attached hydrogens (tertiary/aromatic N) is 2. The van der Waals surface area contributed by atoms with E-state index in [-0.39, 0.29) is 24.2 Å². The molecule has 1 amide bonds. The predicted molar refractivity (Wildman–Crippen MR) is 103 cm³/mol. The van der Waals surface area contributed by atoms with E-state index in [9.17, 15) is 4.79 Å². The number of amides is 1. The van der Waals surface area contributed by atoms with Crippen LogP contribution in [-0.2, 0) is 4.79 Å². The Morgan fingerprint density at radius 1 is 1.32 bits per heavy atom. The van der Waals surface area contributed by atoms with Gasteiger partial charge in [-0.25, -0.2) is 9.97 Å². The molecule has 0 bridgehead atoms. The first kappa shape index (κ1) is 19.7. The number of hydrogen-bond acceptors (Lipinski definition) is 5. The van der Waals surface area contributed by atoms with Gasteiger partial charge in [0.05, 0.1) is 0 Å². The maximum absolute atomic E-state index is 12.5. The van der Waals surface area contributed by atoms with Gasteiger partial charge in [0.25, 0.3) is 0 Å². The summed E-state index contributed by atoms with van der Waals surface area (Å²) in [6, 6.07) is 7.78. The Labute approximate surface area is 158 Å². The largest absolute Gasteiger partial charge is 0.330 e. The normalized spacial score (nSPS) is 19.3. The molecule has 1 aliphatic carbocycles. The van der Waals surface area contributed by atoms with Crippen molar-refractivity contribution in [3.63, 3.8) is 0 Å². The number of hydrogen-bond donors (Lipinski definition) is 2. The molecule has 3 rings (SSSR count). The van der Waals surface area contributed by atoms with Gasteiger partial charge < -0.3 is 11.1 Å². The molecule has 1 fully saturated rings. The summed E-state index contributed by atoms with van der Waals surface area (Å²) in [7, 11) is 0. The highest BCUT2D eigenvalue weighted by Gasteiger charge is 2.32. The van der Waals surface area contributed by atoms with Crippen molar-refractivity contribution in [1.29, 1.82) is 0 Å². The molecule has 1 saturated carbocycles. The Kier molecular flexibility index (Phi) is 7.23. The number of carbonyl (C=O) groups is 1. The van der Waals surface area contributed by atoms with Crippen molar-refractivity contribution < 1.29 is 4.79 Å². The van der Waals surface area contributed by atoms with Crippen molar-refractivity contribution in [3.8, 4) is 0 Å². The molecule has 134 valence electrons. The second-order valence-electron chi connectivity index (χ2n) is 6.13. The SMILES string of the molecule is Cc1cc(Sc2ncccn2)ccc1NC(=O)[C@@H]1CCC[C@@H]1CN.Cl. The molecular weight excluding hydrogens is 356 g/mol. The van der Waals surface area contributed by atoms with Crippen molar-refractivity contribution in [2.75, 3.05) is 11.9 Å². The van der Waals surface area contributed by atoms with Gasteiger partial charge in [0.15, 0.2) is 5.16 Å². The quantitative estimate of drug-likeness (QED) is 0.776. The lowest BCUT2D eigenvalue weighted by atomic mass is 9.95. The van der Waals surface area contributed by atoms with E-state index in [1.807, 2.05) is 25.1 Å². The molecule has 2 aromatic rings. The van der Waals surface area contributed by atoms with Gasteiger partial charge in [-0.2, -0.15) is 0 Å². The van der Waals surface area contributed by atoms with E-state index < -0.39 is 0 Å². The molecule has 1 heterocycles. The molecule has 7 heteroatoms. The lowest BCUT2D eigenvalue weighted by Crippen LogP contribution is -2.29. The van der Waals surface area contributed by atoms with Crippen LogP contribution in [0.3, 0.4) is 0 Å². The highest BCUT2D eigenvalue weighted by Crippen LogP contribution is 2.33. The Morgan fingerprint density at radius 3 is 2.76 bits per heavy atom. The van der Waals surface area contributed by atoms with E-state index in [0.29, 0.717) is 17.6 Å². The summed E-state index contributed by atoms with van der Waals surface area (Å²) < 4.78 is 0. The van der Waals surface area contributed by atoms with E-state index >= 15 is 0 Å². The summed E-state index contributed by atoms with van der Waals surface area (Å²) >= 11 is 1.51. The second kappa shape index (κ2) is 9.17. The van der Waals surface area contributed by atoms with Crippen LogP contribution in [0, 0.1) is 18.8 Å². The second-order valence-corrected chi connectivity index (χ2v) is 7.17. The molecule has 2 atom stereocenters. The van der Waals surface area contributed by atoms with E-state index in [1.165, 1.54) is 11.8 Å². The summed E-state index contributed by atoms with van der Waals surface area (Å²) in [6.45, 7) is 2.59. The highest BCUT2D eigenvalue weighted by molar-refractivity contribution is 7.99. The number of anilines is 1. The zero-order chi connectivity index (χ0) is 16.9. The Balaban J connectivity index is 0.00000225. The lowest BCUT2D eigenvalue weighted by molar-refractivity contribution is -0.120. The smallest absolute Gasteiger partial charge is 0.227 e. The van der Waals surface area contributed by atoms with Crippen molar-refractivity contribution in [1.82, 2.24) is 9.97 Å². The highest BCUT2D eigenvalue weighted by atomic mass is 35.5. The molecule has 1 aromatic heterocycles. The standard InChI is InChI=1S/C18H22N4OS.ClH/c1-12-10-14(24-18-20-8-3-9-21-18)6-7-16(12)22-17(23)15-5-2-4-13(15)11-19;/h3,6-10,13,15H,2,4-5,11,19H2,1H3,(H,22,23);1H/t13-,15-;/m1./s1. The van der Waals surface area contributed by atoms with Crippen LogP contribution in [0.2, 0.25) is 0 Å². The first-order valence-corrected chi connectivity index (χ1v) is 9.05. The zero-order valence-corrected chi connectivity index (χ0v) is 15.8. The fourth-order valence-corrected chi connectivity index (χ4v) is 3.98. The van der Waals surface area contributed by atoms with Crippen molar-refractivity contribution in [2.24, 2.45) is 17.6 Å². The van der Waals surface area contributed by atoms with Crippen molar-refractivity contribution in [2.45, 2.75) is 36.2 Å². The van der Waals surface area contributed by atoms with Gasteiger partial charge in [-0.15, -0.1) is 12.4 Å². The van der Waals surface area contributed by atoms with Crippen molar-refractivity contribution >= 4 is 35.8 Å². The molecule has 0 saturated heterocycles. The van der Waals surface area contributed by atoms with Crippen LogP contribution in [0.15, 0.2) is 46.7 Å². The predicted octanol–water partition coefficient (Wildman–Crippen LogP) is 3.67. The first-order chi connectivity index (χ1) is 11.7. The first-order valence-electron chi connectivity index (χ1n) is 8.24. The molecule has 0 aliphatic heterocycles. The third kappa shape index (κ3) is 4.93. The number of aromatic nitrogens is 2. The number of carbonyl (C=O) groups excluding carboxylic acids is 1. The topological polar surface area (TPSA) is 80.9 Å². The number of aryl methyl sites for hydroxylation is 1. The number of benzene rings is 1. The molecule has 0 unspecified atom stereocenters. The van der Waals surface area contributed by atoms with Crippen LogP contribution in [0.5, 0.6) is 0 Å². The Hall–Kier alpha value is -1.63. The molecule has 1 aromatic carbocycles. The van der Waals surface area contributed by atoms with Gasteiger partial charge in [0, 0.05) is 28.9 Å². The maximum Gasteiger partial charge on any atom is 0.227 e. The average Bonchev–Trinajstić information content (AvgIpc) is 3.07. The van der Waals surface area contributed by atoms with Crippen LogP contribution < -0.4 is 11.1 Å². The number of nitrogens with two attached hydrogens (primary N) is 1. The van der Waals surface area contributed by atoms with Gasteiger partial charge in [-0.05, 0) is 73.8 Å². The van der Waals surface area contributed by atoms with Gasteiger partial charge >= 0.3 is 0 Å². The minimum atomic E-state index is 0. The third-order valence-corrected chi connectivity index (χ3v) is 5.39. The number of halogens is 1. The van der Waals surface area contributed by atoms with Gasteiger partial charge in [0.2, 0.25) is 5.91 Å². The molecular formula is C18H23ClN4OS. The van der Waals surface area contributed by atoms with E-state index in [1.54, 1.807) is 18.5 Å². The van der Waals surface area contributed by atoms with Crippen LogP contribution >= 0.6 is 24.2 Å². The maximum atomic E-state index is 12.5. The molecule has 25 heavy (non-hydrogen) atoms. The summed E-state index contributed by atoms with van der Waals surface area (Å²) in [5.74, 6) is 0.453. The van der Waals surface area contributed by atoms with Crippen LogP contribution in [0.1, 0.15) is 24.8 Å². The summed E-state index contributed by atoms with van der Waals surface area (Å²) in [5, 5.41) is 3.79. The molecule has 0 spiro atoms. The molecule has 1 aliphatic rings. The monoisotopic (exact) mass is 378 g/mol. The fourth-order valence-electron chi connectivity index (χ4n) is 3.17. The molecule has 5 nitrogen and oxygen atoms in total. The molecule has 3 N–H and O–H groups in total. The van der Waals surface area contributed by atoms with Gasteiger partial charge in [-0.1, -0.05) is 6.42 Å². The third-order valence-electron chi connectivity index (χ3n) is 4.51. The van der Waals surface area contributed by atoms with Crippen LogP contribution in [0.4, 0.5) is 5.69 Å². The lowest BCUT2D eigenvalue weighted by Gasteiger charge is -2.18. The van der Waals surface area contributed by atoms with E-state index in [0.717, 1.165) is 35.4 Å². The summed E-state index contributed by atoms with van der Waals surface area (Å²) in [4.78, 5) is 22.0. The van der Waals surface area contributed by atoms with Gasteiger partial charge in [-0.3, -0.25) is 4.79 Å². The molecule has 0 radical (unpaired) electrons. The summed E-state index contributed by atoms with van der Waals surface area (Å²) in [6.07, 6.45) is 6.54. The van der Waals surface area contributed by atoms with E-state index in [4.69, 9.17) is 5.73 Å². The van der Waals surface area contributed by atoms with Gasteiger partial charge in [0.1, 0.15) is 0 Å². The number of rotatable bonds is 5. The zero-order valence-electron chi connectivity index (χ0n) is 14.1. The average molecular weight is 379 g/mol. The Morgan fingerprint density at radius 2 is 2.08 bits per heavy atom. The minimum Gasteiger partial charge on any atom is -0.330 e.